The summed E-state index contributed by atoms with van der Waals surface area (Å²) in [4.78, 5) is 24.4. The van der Waals surface area contributed by atoms with Crippen molar-refractivity contribution < 1.29 is 37.3 Å². The lowest BCUT2D eigenvalue weighted by atomic mass is 10.2. The maximum atomic E-state index is 12.4. The summed E-state index contributed by atoms with van der Waals surface area (Å²) in [5.74, 6) is -2.07. The first kappa shape index (κ1) is 17.6. The van der Waals surface area contributed by atoms with Crippen molar-refractivity contribution in [2.75, 3.05) is 25.6 Å². The maximum Gasteiger partial charge on any atom is 0.573 e. The number of β-amino-alcohol motifs (C(OH)–C–C–N with tert-alkyl or cyclic N) is 1. The minimum Gasteiger partial charge on any atom is -0.493 e. The smallest absolute Gasteiger partial charge is 0.493 e. The van der Waals surface area contributed by atoms with Crippen molar-refractivity contribution in [2.45, 2.75) is 6.36 Å². The molecule has 0 aliphatic carbocycles. The monoisotopic (exact) mass is 346 g/mol. The number of aliphatic hydroxyl groups excluding tert-OH is 1. The Morgan fingerprint density at radius 3 is 2.54 bits per heavy atom. The second-order valence-electron chi connectivity index (χ2n) is 4.62. The van der Waals surface area contributed by atoms with Gasteiger partial charge >= 0.3 is 6.36 Å². The molecule has 1 aliphatic heterocycles. The summed E-state index contributed by atoms with van der Waals surface area (Å²) in [6, 6.07) is 3.56. The van der Waals surface area contributed by atoms with Crippen molar-refractivity contribution in [3.05, 3.63) is 30.0 Å². The number of carbonyl (C=O) groups is 2. The van der Waals surface area contributed by atoms with Crippen LogP contribution in [0.5, 0.6) is 11.5 Å². The van der Waals surface area contributed by atoms with Crippen LogP contribution in [0.25, 0.3) is 0 Å². The number of methoxy groups -OCH3 is 1. The molecule has 130 valence electrons. The Morgan fingerprint density at radius 1 is 1.25 bits per heavy atom. The van der Waals surface area contributed by atoms with E-state index in [9.17, 15) is 22.8 Å². The zero-order chi connectivity index (χ0) is 17.9. The number of anilines is 1. The Labute approximate surface area is 134 Å². The number of hydrogen-bond acceptors (Lipinski definition) is 6. The molecular weight excluding hydrogens is 333 g/mol. The number of ether oxygens (including phenoxy) is 2. The topological polar surface area (TPSA) is 88.1 Å². The second-order valence-corrected chi connectivity index (χ2v) is 4.62. The van der Waals surface area contributed by atoms with Gasteiger partial charge in [0.05, 0.1) is 20.3 Å². The fourth-order valence-electron chi connectivity index (χ4n) is 2.02. The number of nitrogens with one attached hydrogen (secondary N) is 1. The zero-order valence-electron chi connectivity index (χ0n) is 12.4. The Bertz CT molecular complexity index is 687. The molecule has 1 aromatic rings. The Kier molecular flexibility index (Phi) is 4.98. The summed E-state index contributed by atoms with van der Waals surface area (Å²) in [5.41, 5.74) is -0.0372. The predicted octanol–water partition coefficient (Wildman–Crippen LogP) is 1.25. The van der Waals surface area contributed by atoms with Crippen LogP contribution in [-0.2, 0) is 9.59 Å². The number of hydrogen-bond donors (Lipinski definition) is 2. The first-order chi connectivity index (χ1) is 11.2. The van der Waals surface area contributed by atoms with Gasteiger partial charge in [-0.25, -0.2) is 0 Å². The van der Waals surface area contributed by atoms with Gasteiger partial charge in [-0.2, -0.15) is 0 Å². The zero-order valence-corrected chi connectivity index (χ0v) is 12.4. The van der Waals surface area contributed by atoms with Gasteiger partial charge in [-0.3, -0.25) is 14.5 Å². The molecule has 2 amide bonds. The molecule has 2 rings (SSSR count). The molecule has 0 unspecified atom stereocenters. The van der Waals surface area contributed by atoms with Crippen molar-refractivity contribution in [1.29, 1.82) is 0 Å². The lowest BCUT2D eigenvalue weighted by molar-refractivity contribution is -0.275. The molecule has 2 N–H and O–H groups in total. The van der Waals surface area contributed by atoms with Gasteiger partial charge in [0.15, 0.2) is 11.5 Å². The van der Waals surface area contributed by atoms with E-state index in [0.29, 0.717) is 0 Å². The first-order valence-corrected chi connectivity index (χ1v) is 6.64. The van der Waals surface area contributed by atoms with E-state index in [0.717, 1.165) is 17.0 Å². The summed E-state index contributed by atoms with van der Waals surface area (Å²) in [7, 11) is 1.18. The number of nitrogens with zero attached hydrogens (tertiary/aromatic N) is 1. The van der Waals surface area contributed by atoms with Crippen molar-refractivity contribution in [2.24, 2.45) is 0 Å². The van der Waals surface area contributed by atoms with Crippen LogP contribution in [0.1, 0.15) is 0 Å². The highest BCUT2D eigenvalue weighted by atomic mass is 19.4. The molecule has 0 atom stereocenters. The molecule has 0 saturated heterocycles. The van der Waals surface area contributed by atoms with E-state index in [1.165, 1.54) is 19.2 Å². The molecular formula is C14H13F3N2O5. The molecule has 24 heavy (non-hydrogen) atoms. The minimum atomic E-state index is -4.91. The lowest BCUT2D eigenvalue weighted by Crippen LogP contribution is -2.34. The normalized spacial score (nSPS) is 14.7. The van der Waals surface area contributed by atoms with Gasteiger partial charge in [-0.05, 0) is 12.1 Å². The van der Waals surface area contributed by atoms with Crippen molar-refractivity contribution in [1.82, 2.24) is 4.90 Å². The molecule has 1 aliphatic rings. The molecule has 1 heterocycles. The van der Waals surface area contributed by atoms with Gasteiger partial charge in [0, 0.05) is 17.8 Å². The van der Waals surface area contributed by atoms with Crippen LogP contribution in [0.2, 0.25) is 0 Å². The molecule has 0 spiro atoms. The Balaban J connectivity index is 2.22. The largest absolute Gasteiger partial charge is 0.573 e. The van der Waals surface area contributed by atoms with E-state index in [1.807, 2.05) is 0 Å². The molecule has 1 aromatic carbocycles. The molecule has 0 saturated carbocycles. The number of amides is 2. The van der Waals surface area contributed by atoms with Gasteiger partial charge in [-0.1, -0.05) is 0 Å². The number of halogens is 3. The average Bonchev–Trinajstić information content (AvgIpc) is 2.74. The van der Waals surface area contributed by atoms with Crippen LogP contribution in [-0.4, -0.2) is 48.4 Å². The van der Waals surface area contributed by atoms with E-state index >= 15 is 0 Å². The Hall–Kier alpha value is -2.75. The SMILES string of the molecule is COc1ccc(NC2=CC(=O)N(CCO)C2=O)cc1OC(F)(F)F. The van der Waals surface area contributed by atoms with Gasteiger partial charge in [0.25, 0.3) is 11.8 Å². The van der Waals surface area contributed by atoms with Crippen molar-refractivity contribution in [3.8, 4) is 11.5 Å². The van der Waals surface area contributed by atoms with Crippen molar-refractivity contribution in [3.63, 3.8) is 0 Å². The molecule has 0 fully saturated rings. The number of carbonyl (C=O) groups excluding carboxylic acids is 2. The predicted molar refractivity (Wildman–Crippen MR) is 75.2 cm³/mol. The van der Waals surface area contributed by atoms with E-state index in [4.69, 9.17) is 9.84 Å². The summed E-state index contributed by atoms with van der Waals surface area (Å²) >= 11 is 0. The number of aliphatic hydroxyl groups is 1. The Morgan fingerprint density at radius 2 is 1.96 bits per heavy atom. The average molecular weight is 346 g/mol. The molecule has 0 aromatic heterocycles. The fraction of sp³-hybridized carbons (Fsp3) is 0.286. The molecule has 7 nitrogen and oxygen atoms in total. The van der Waals surface area contributed by atoms with Crippen LogP contribution in [0, 0.1) is 0 Å². The van der Waals surface area contributed by atoms with E-state index in [1.54, 1.807) is 0 Å². The van der Waals surface area contributed by atoms with Gasteiger partial charge in [0.1, 0.15) is 5.70 Å². The third kappa shape index (κ3) is 3.96. The minimum absolute atomic E-state index is 0.0910. The van der Waals surface area contributed by atoms with Crippen LogP contribution in [0.4, 0.5) is 18.9 Å². The molecule has 10 heteroatoms. The van der Waals surface area contributed by atoms with Gasteiger partial charge in [0.2, 0.25) is 0 Å². The van der Waals surface area contributed by atoms with Gasteiger partial charge < -0.3 is 19.9 Å². The fourth-order valence-corrected chi connectivity index (χ4v) is 2.02. The highest BCUT2D eigenvalue weighted by molar-refractivity contribution is 6.17. The van der Waals surface area contributed by atoms with Crippen LogP contribution < -0.4 is 14.8 Å². The quantitative estimate of drug-likeness (QED) is 0.754. The summed E-state index contributed by atoms with van der Waals surface area (Å²) in [5, 5.41) is 11.4. The number of benzene rings is 1. The number of imide groups is 1. The van der Waals surface area contributed by atoms with Crippen molar-refractivity contribution >= 4 is 17.5 Å². The first-order valence-electron chi connectivity index (χ1n) is 6.64. The van der Waals surface area contributed by atoms with E-state index in [-0.39, 0.29) is 23.7 Å². The number of alkyl halides is 3. The van der Waals surface area contributed by atoms with E-state index < -0.39 is 30.5 Å². The highest BCUT2D eigenvalue weighted by Crippen LogP contribution is 2.35. The third-order valence-corrected chi connectivity index (χ3v) is 3.00. The molecule has 0 radical (unpaired) electrons. The third-order valence-electron chi connectivity index (χ3n) is 3.00. The van der Waals surface area contributed by atoms with Gasteiger partial charge in [-0.15, -0.1) is 13.2 Å². The van der Waals surface area contributed by atoms with Crippen LogP contribution in [0.15, 0.2) is 30.0 Å². The summed E-state index contributed by atoms with van der Waals surface area (Å²) in [6.07, 6.45) is -3.92. The van der Waals surface area contributed by atoms with E-state index in [2.05, 4.69) is 10.1 Å². The maximum absolute atomic E-state index is 12.4. The van der Waals surface area contributed by atoms with Crippen LogP contribution >= 0.6 is 0 Å². The van der Waals surface area contributed by atoms with Crippen LogP contribution in [0.3, 0.4) is 0 Å². The summed E-state index contributed by atoms with van der Waals surface area (Å²) < 4.78 is 45.9. The highest BCUT2D eigenvalue weighted by Gasteiger charge is 2.33. The second kappa shape index (κ2) is 6.79. The standard InChI is InChI=1S/C14H13F3N2O5/c1-23-10-3-2-8(6-11(10)24-14(15,16)17)18-9-7-12(21)19(4-5-20)13(9)22/h2-3,6-7,18,20H,4-5H2,1H3. The lowest BCUT2D eigenvalue weighted by Gasteiger charge is -2.15. The summed E-state index contributed by atoms with van der Waals surface area (Å²) in [6.45, 7) is -0.574. The molecule has 0 bridgehead atoms. The number of rotatable bonds is 6.